The van der Waals surface area contributed by atoms with Gasteiger partial charge in [-0.05, 0) is 55.6 Å². The van der Waals surface area contributed by atoms with Crippen LogP contribution >= 0.6 is 0 Å². The van der Waals surface area contributed by atoms with Gasteiger partial charge in [0.25, 0.3) is 0 Å². The Morgan fingerprint density at radius 1 is 1.33 bits per heavy atom. The highest BCUT2D eigenvalue weighted by molar-refractivity contribution is 6.01. The fourth-order valence-corrected chi connectivity index (χ4v) is 4.94. The third-order valence-corrected chi connectivity index (χ3v) is 6.12. The molecule has 0 saturated heterocycles. The van der Waals surface area contributed by atoms with Gasteiger partial charge in [0.2, 0.25) is 0 Å². The molecule has 0 heterocycles. The zero-order valence-electron chi connectivity index (χ0n) is 13.1. The van der Waals surface area contributed by atoms with E-state index in [2.05, 4.69) is 19.9 Å². The topological polar surface area (TPSA) is 43.4 Å². The highest BCUT2D eigenvalue weighted by atomic mass is 16.5. The lowest BCUT2D eigenvalue weighted by atomic mass is 9.51. The van der Waals surface area contributed by atoms with E-state index in [0.717, 1.165) is 25.7 Å². The highest BCUT2D eigenvalue weighted by Gasteiger charge is 2.52. The Kier molecular flexibility index (Phi) is 3.54. The summed E-state index contributed by atoms with van der Waals surface area (Å²) in [4.78, 5) is 23.9. The lowest BCUT2D eigenvalue weighted by Gasteiger charge is -2.53. The Morgan fingerprint density at radius 3 is 2.81 bits per heavy atom. The predicted molar refractivity (Wildman–Crippen MR) is 80.5 cm³/mol. The van der Waals surface area contributed by atoms with Crippen LogP contribution in [0.3, 0.4) is 0 Å². The summed E-state index contributed by atoms with van der Waals surface area (Å²) in [6.07, 6.45) is 9.73. The van der Waals surface area contributed by atoms with Crippen LogP contribution < -0.4 is 0 Å². The van der Waals surface area contributed by atoms with Gasteiger partial charge in [0, 0.05) is 5.41 Å². The number of rotatable bonds is 1. The van der Waals surface area contributed by atoms with E-state index in [-0.39, 0.29) is 23.1 Å². The van der Waals surface area contributed by atoms with E-state index in [1.807, 2.05) is 6.08 Å². The Bertz CT molecular complexity index is 531. The number of fused-ring (bicyclic) bond motifs is 3. The number of esters is 1. The van der Waals surface area contributed by atoms with Crippen molar-refractivity contribution < 1.29 is 14.3 Å². The first-order valence-corrected chi connectivity index (χ1v) is 7.99. The Morgan fingerprint density at radius 2 is 2.10 bits per heavy atom. The van der Waals surface area contributed by atoms with Crippen LogP contribution in [0.25, 0.3) is 0 Å². The molecule has 21 heavy (non-hydrogen) atoms. The van der Waals surface area contributed by atoms with Crippen LogP contribution in [0.2, 0.25) is 0 Å². The van der Waals surface area contributed by atoms with Crippen LogP contribution in [-0.4, -0.2) is 18.9 Å². The lowest BCUT2D eigenvalue weighted by Crippen LogP contribution is -2.48. The first-order chi connectivity index (χ1) is 9.97. The minimum Gasteiger partial charge on any atom is -0.469 e. The maximum Gasteiger partial charge on any atom is 0.309 e. The molecule has 3 nitrogen and oxygen atoms in total. The van der Waals surface area contributed by atoms with Gasteiger partial charge in [-0.15, -0.1) is 0 Å². The molecule has 0 spiro atoms. The van der Waals surface area contributed by atoms with Crippen molar-refractivity contribution in [2.24, 2.45) is 29.1 Å². The van der Waals surface area contributed by atoms with E-state index in [4.69, 9.17) is 4.74 Å². The number of ketones is 1. The van der Waals surface area contributed by atoms with Crippen molar-refractivity contribution in [1.82, 2.24) is 0 Å². The smallest absolute Gasteiger partial charge is 0.309 e. The molecule has 0 bridgehead atoms. The number of methoxy groups -OCH3 is 1. The van der Waals surface area contributed by atoms with Gasteiger partial charge in [-0.2, -0.15) is 0 Å². The first-order valence-electron chi connectivity index (χ1n) is 7.99. The first kappa shape index (κ1) is 14.6. The maximum absolute atomic E-state index is 12.2. The molecule has 2 saturated carbocycles. The number of ether oxygens (including phenoxy) is 1. The van der Waals surface area contributed by atoms with E-state index in [1.54, 1.807) is 6.08 Å². The molecule has 5 atom stereocenters. The van der Waals surface area contributed by atoms with Crippen LogP contribution in [-0.2, 0) is 14.3 Å². The minimum absolute atomic E-state index is 0.0122. The monoisotopic (exact) mass is 288 g/mol. The van der Waals surface area contributed by atoms with Gasteiger partial charge >= 0.3 is 5.97 Å². The molecule has 0 aromatic rings. The van der Waals surface area contributed by atoms with Gasteiger partial charge in [0.15, 0.2) is 5.78 Å². The summed E-state index contributed by atoms with van der Waals surface area (Å²) in [6, 6.07) is 0. The molecule has 0 N–H and O–H groups in total. The van der Waals surface area contributed by atoms with Crippen molar-refractivity contribution >= 4 is 11.8 Å². The zero-order chi connectivity index (χ0) is 15.2. The average molecular weight is 288 g/mol. The molecule has 0 aliphatic heterocycles. The summed E-state index contributed by atoms with van der Waals surface area (Å²) < 4.78 is 5.07. The van der Waals surface area contributed by atoms with Crippen molar-refractivity contribution in [2.75, 3.05) is 7.11 Å². The van der Waals surface area contributed by atoms with Crippen molar-refractivity contribution in [3.63, 3.8) is 0 Å². The summed E-state index contributed by atoms with van der Waals surface area (Å²) in [6.45, 7) is 4.41. The molecule has 0 amide bonds. The summed E-state index contributed by atoms with van der Waals surface area (Å²) in [5.74, 6) is 1.28. The van der Waals surface area contributed by atoms with Crippen molar-refractivity contribution in [3.05, 3.63) is 23.8 Å². The molecular formula is C18H24O3. The molecule has 0 aromatic carbocycles. The summed E-state index contributed by atoms with van der Waals surface area (Å²) >= 11 is 0. The number of carbonyl (C=O) groups is 2. The third-order valence-electron chi connectivity index (χ3n) is 6.12. The predicted octanol–water partition coefficient (Wildman–Crippen LogP) is 3.30. The van der Waals surface area contributed by atoms with E-state index >= 15 is 0 Å². The molecule has 3 aliphatic carbocycles. The van der Waals surface area contributed by atoms with Crippen LogP contribution in [0.1, 0.15) is 39.5 Å². The lowest BCUT2D eigenvalue weighted by molar-refractivity contribution is -0.154. The molecule has 3 aliphatic rings. The van der Waals surface area contributed by atoms with Crippen molar-refractivity contribution in [3.8, 4) is 0 Å². The molecule has 3 rings (SSSR count). The molecule has 2 fully saturated rings. The van der Waals surface area contributed by atoms with Gasteiger partial charge < -0.3 is 4.74 Å². The minimum atomic E-state index is -0.0523. The number of allylic oxidation sites excluding steroid dienone is 4. The quantitative estimate of drug-likeness (QED) is 0.695. The molecule has 1 unspecified atom stereocenters. The molecule has 0 radical (unpaired) electrons. The molecule has 3 heteroatoms. The van der Waals surface area contributed by atoms with Crippen LogP contribution in [0.4, 0.5) is 0 Å². The number of hydrogen-bond acceptors (Lipinski definition) is 3. The van der Waals surface area contributed by atoms with Crippen molar-refractivity contribution in [1.29, 1.82) is 0 Å². The average Bonchev–Trinajstić information content (AvgIpc) is 2.47. The molecular weight excluding hydrogens is 264 g/mol. The normalized spacial score (nSPS) is 41.9. The summed E-state index contributed by atoms with van der Waals surface area (Å²) in [7, 11) is 1.49. The van der Waals surface area contributed by atoms with Gasteiger partial charge in [-0.25, -0.2) is 0 Å². The van der Waals surface area contributed by atoms with Gasteiger partial charge in [-0.1, -0.05) is 25.5 Å². The van der Waals surface area contributed by atoms with Crippen LogP contribution in [0.15, 0.2) is 23.8 Å². The van der Waals surface area contributed by atoms with Crippen LogP contribution in [0, 0.1) is 29.1 Å². The fourth-order valence-electron chi connectivity index (χ4n) is 4.94. The second-order valence-corrected chi connectivity index (χ2v) is 7.10. The summed E-state index contributed by atoms with van der Waals surface area (Å²) in [5.41, 5.74) is 1.21. The molecule has 114 valence electrons. The van der Waals surface area contributed by atoms with Crippen molar-refractivity contribution in [2.45, 2.75) is 39.5 Å². The number of carbonyl (C=O) groups excluding carboxylic acids is 2. The second-order valence-electron chi connectivity index (χ2n) is 7.10. The SMILES string of the molecule is COC(=O)C1[C@H](C)CC[C@H]2[C@H]1CCC1=CC(=O)C=C[C@@]12C. The van der Waals surface area contributed by atoms with Gasteiger partial charge in [-0.3, -0.25) is 9.59 Å². The Labute approximate surface area is 126 Å². The molecule has 0 aromatic heterocycles. The van der Waals surface area contributed by atoms with E-state index in [0.29, 0.717) is 17.8 Å². The Hall–Kier alpha value is -1.38. The second kappa shape index (κ2) is 5.11. The van der Waals surface area contributed by atoms with Crippen LogP contribution in [0.5, 0.6) is 0 Å². The fraction of sp³-hybridized carbons (Fsp3) is 0.667. The summed E-state index contributed by atoms with van der Waals surface area (Å²) in [5, 5.41) is 0. The van der Waals surface area contributed by atoms with Gasteiger partial charge in [0.1, 0.15) is 0 Å². The standard InChI is InChI=1S/C18H24O3/c1-11-4-7-15-14(16(11)17(20)21-3)6-5-12-10-13(19)8-9-18(12,15)2/h8-11,14-16H,4-7H2,1-3H3/t11-,14-,15+,16?,18+/m1/s1. The highest BCUT2D eigenvalue weighted by Crippen LogP contribution is 2.57. The maximum atomic E-state index is 12.2. The third kappa shape index (κ3) is 2.18. The number of hydrogen-bond donors (Lipinski definition) is 0. The largest absolute Gasteiger partial charge is 0.469 e. The van der Waals surface area contributed by atoms with E-state index in [1.165, 1.54) is 12.7 Å². The zero-order valence-corrected chi connectivity index (χ0v) is 13.1. The van der Waals surface area contributed by atoms with E-state index in [9.17, 15) is 9.59 Å². The Balaban J connectivity index is 1.96. The van der Waals surface area contributed by atoms with Gasteiger partial charge in [0.05, 0.1) is 13.0 Å². The van der Waals surface area contributed by atoms with E-state index < -0.39 is 0 Å².